The van der Waals surface area contributed by atoms with E-state index >= 15 is 0 Å². The normalized spacial score (nSPS) is 10.6. The molecule has 0 aliphatic rings. The molecule has 4 heteroatoms. The summed E-state index contributed by atoms with van der Waals surface area (Å²) in [6, 6.07) is 0. The Morgan fingerprint density at radius 2 is 2.45 bits per heavy atom. The number of fused-ring (bicyclic) bond motifs is 1. The van der Waals surface area contributed by atoms with Crippen molar-refractivity contribution in [3.63, 3.8) is 0 Å². The molecule has 0 aliphatic carbocycles. The fourth-order valence-electron chi connectivity index (χ4n) is 0.992. The van der Waals surface area contributed by atoms with Gasteiger partial charge in [0.1, 0.15) is 11.2 Å². The second kappa shape index (κ2) is 2.54. The van der Waals surface area contributed by atoms with Gasteiger partial charge in [-0.15, -0.1) is 0 Å². The third kappa shape index (κ3) is 0.991. The largest absolute Gasteiger partial charge is 0.244 e. The highest BCUT2D eigenvalue weighted by Crippen LogP contribution is 2.18. The van der Waals surface area contributed by atoms with E-state index in [1.807, 2.05) is 6.20 Å². The quantitative estimate of drug-likeness (QED) is 0.645. The Morgan fingerprint density at radius 3 is 3.27 bits per heavy atom. The smallest absolute Gasteiger partial charge is 0.147 e. The first-order valence-corrected chi connectivity index (χ1v) is 4.23. The number of aromatic nitrogens is 3. The zero-order valence-electron chi connectivity index (χ0n) is 6.11. The average molecular weight is 165 g/mol. The minimum atomic E-state index is 0.952. The minimum absolute atomic E-state index is 0.952. The molecule has 0 aromatic carbocycles. The van der Waals surface area contributed by atoms with E-state index in [0.29, 0.717) is 0 Å². The molecule has 56 valence electrons. The Labute approximate surface area is 68.3 Å². The van der Waals surface area contributed by atoms with Crippen molar-refractivity contribution in [1.29, 1.82) is 0 Å². The standard InChI is InChI=1S/C7H7N3S/c1-2-6-5-3-8-4-9-7(5)11-10-6/h3-4H,2H2,1H3. The lowest BCUT2D eigenvalue weighted by Crippen LogP contribution is -1.80. The van der Waals surface area contributed by atoms with Crippen LogP contribution in [-0.4, -0.2) is 14.3 Å². The summed E-state index contributed by atoms with van der Waals surface area (Å²) in [5.74, 6) is 0. The molecule has 0 unspecified atom stereocenters. The van der Waals surface area contributed by atoms with E-state index in [0.717, 1.165) is 22.3 Å². The number of rotatable bonds is 1. The fourth-order valence-corrected chi connectivity index (χ4v) is 1.78. The van der Waals surface area contributed by atoms with Crippen molar-refractivity contribution in [2.75, 3.05) is 0 Å². The van der Waals surface area contributed by atoms with Crippen LogP contribution >= 0.6 is 11.5 Å². The third-order valence-corrected chi connectivity index (χ3v) is 2.37. The van der Waals surface area contributed by atoms with Crippen molar-refractivity contribution in [3.05, 3.63) is 18.2 Å². The van der Waals surface area contributed by atoms with Crippen molar-refractivity contribution in [1.82, 2.24) is 14.3 Å². The van der Waals surface area contributed by atoms with E-state index < -0.39 is 0 Å². The maximum atomic E-state index is 4.25. The van der Waals surface area contributed by atoms with Crippen LogP contribution in [0.15, 0.2) is 12.5 Å². The van der Waals surface area contributed by atoms with E-state index in [2.05, 4.69) is 21.3 Å². The summed E-state index contributed by atoms with van der Waals surface area (Å²) in [5, 5.41) is 1.10. The molecule has 2 aromatic rings. The van der Waals surface area contributed by atoms with Crippen molar-refractivity contribution in [2.45, 2.75) is 13.3 Å². The Kier molecular flexibility index (Phi) is 1.54. The third-order valence-electron chi connectivity index (χ3n) is 1.56. The molecular formula is C7H7N3S. The maximum Gasteiger partial charge on any atom is 0.147 e. The Bertz CT molecular complexity index is 368. The monoisotopic (exact) mass is 165 g/mol. The van der Waals surface area contributed by atoms with Crippen LogP contribution in [-0.2, 0) is 6.42 Å². The van der Waals surface area contributed by atoms with Crippen molar-refractivity contribution < 1.29 is 0 Å². The first-order valence-electron chi connectivity index (χ1n) is 3.46. The van der Waals surface area contributed by atoms with Crippen molar-refractivity contribution in [2.24, 2.45) is 0 Å². The van der Waals surface area contributed by atoms with Crippen molar-refractivity contribution in [3.8, 4) is 0 Å². The highest BCUT2D eigenvalue weighted by Gasteiger charge is 2.03. The molecule has 0 atom stereocenters. The molecule has 3 nitrogen and oxygen atoms in total. The van der Waals surface area contributed by atoms with Gasteiger partial charge in [0, 0.05) is 6.20 Å². The molecule has 0 bridgehead atoms. The van der Waals surface area contributed by atoms with Gasteiger partial charge in [0.2, 0.25) is 0 Å². The lowest BCUT2D eigenvalue weighted by atomic mass is 10.3. The van der Waals surface area contributed by atoms with Gasteiger partial charge in [-0.3, -0.25) is 0 Å². The molecular weight excluding hydrogens is 158 g/mol. The summed E-state index contributed by atoms with van der Waals surface area (Å²) in [6.45, 7) is 2.08. The molecule has 0 saturated carbocycles. The number of hydrogen-bond donors (Lipinski definition) is 0. The van der Waals surface area contributed by atoms with Gasteiger partial charge < -0.3 is 0 Å². The predicted octanol–water partition coefficient (Wildman–Crippen LogP) is 1.65. The SMILES string of the molecule is CCc1nsc2ncncc12. The minimum Gasteiger partial charge on any atom is -0.244 e. The zero-order valence-corrected chi connectivity index (χ0v) is 6.93. The second-order valence-corrected chi connectivity index (χ2v) is 2.98. The summed E-state index contributed by atoms with van der Waals surface area (Å²) >= 11 is 1.44. The van der Waals surface area contributed by atoms with E-state index in [1.165, 1.54) is 11.5 Å². The van der Waals surface area contributed by atoms with E-state index in [-0.39, 0.29) is 0 Å². The van der Waals surface area contributed by atoms with Gasteiger partial charge in [0.15, 0.2) is 0 Å². The Balaban J connectivity index is 2.76. The topological polar surface area (TPSA) is 38.7 Å². The first-order chi connectivity index (χ1) is 5.42. The molecule has 0 radical (unpaired) electrons. The van der Waals surface area contributed by atoms with Crippen LogP contribution in [0.5, 0.6) is 0 Å². The second-order valence-electron chi connectivity index (χ2n) is 2.22. The molecule has 0 amide bonds. The molecule has 0 aliphatic heterocycles. The molecule has 0 saturated heterocycles. The van der Waals surface area contributed by atoms with Crippen LogP contribution in [0.3, 0.4) is 0 Å². The van der Waals surface area contributed by atoms with Gasteiger partial charge in [-0.2, -0.15) is 4.37 Å². The number of hydrogen-bond acceptors (Lipinski definition) is 4. The molecule has 2 aromatic heterocycles. The van der Waals surface area contributed by atoms with Gasteiger partial charge in [0.25, 0.3) is 0 Å². The maximum absolute atomic E-state index is 4.25. The van der Waals surface area contributed by atoms with Crippen LogP contribution in [0.2, 0.25) is 0 Å². The average Bonchev–Trinajstić information content (AvgIpc) is 2.47. The van der Waals surface area contributed by atoms with Gasteiger partial charge >= 0.3 is 0 Å². The van der Waals surface area contributed by atoms with E-state index in [4.69, 9.17) is 0 Å². The molecule has 2 rings (SSSR count). The van der Waals surface area contributed by atoms with Crippen LogP contribution < -0.4 is 0 Å². The Morgan fingerprint density at radius 1 is 1.55 bits per heavy atom. The highest BCUT2D eigenvalue weighted by molar-refractivity contribution is 7.12. The fraction of sp³-hybridized carbons (Fsp3) is 0.286. The molecule has 11 heavy (non-hydrogen) atoms. The molecule has 2 heterocycles. The lowest BCUT2D eigenvalue weighted by molar-refractivity contribution is 1.10. The summed E-state index contributed by atoms with van der Waals surface area (Å²) in [6.07, 6.45) is 4.33. The summed E-state index contributed by atoms with van der Waals surface area (Å²) in [5.41, 5.74) is 1.10. The van der Waals surface area contributed by atoms with Crippen LogP contribution in [0.4, 0.5) is 0 Å². The molecule has 0 fully saturated rings. The Hall–Kier alpha value is -1.03. The van der Waals surface area contributed by atoms with Gasteiger partial charge in [-0.1, -0.05) is 6.92 Å². The van der Waals surface area contributed by atoms with E-state index in [9.17, 15) is 0 Å². The summed E-state index contributed by atoms with van der Waals surface area (Å²) in [4.78, 5) is 9.03. The van der Waals surface area contributed by atoms with E-state index in [1.54, 1.807) is 6.33 Å². The predicted molar refractivity (Wildman–Crippen MR) is 44.6 cm³/mol. The molecule has 0 spiro atoms. The summed E-state index contributed by atoms with van der Waals surface area (Å²) in [7, 11) is 0. The van der Waals surface area contributed by atoms with Crippen molar-refractivity contribution >= 4 is 21.7 Å². The molecule has 0 N–H and O–H groups in total. The zero-order chi connectivity index (χ0) is 7.68. The lowest BCUT2D eigenvalue weighted by Gasteiger charge is -1.87. The summed E-state index contributed by atoms with van der Waals surface area (Å²) < 4.78 is 4.25. The van der Waals surface area contributed by atoms with Gasteiger partial charge in [0.05, 0.1) is 11.1 Å². The van der Waals surface area contributed by atoms with Gasteiger partial charge in [-0.25, -0.2) is 9.97 Å². The van der Waals surface area contributed by atoms with Gasteiger partial charge in [-0.05, 0) is 18.0 Å². The number of aryl methyl sites for hydroxylation is 1. The van der Waals surface area contributed by atoms with Crippen LogP contribution in [0.1, 0.15) is 12.6 Å². The first kappa shape index (κ1) is 6.67. The number of nitrogens with zero attached hydrogens (tertiary/aromatic N) is 3. The van der Waals surface area contributed by atoms with Crippen LogP contribution in [0.25, 0.3) is 10.2 Å². The van der Waals surface area contributed by atoms with Crippen LogP contribution in [0, 0.1) is 0 Å². The highest BCUT2D eigenvalue weighted by atomic mass is 32.1.